The molecule has 0 bridgehead atoms. The highest BCUT2D eigenvalue weighted by Gasteiger charge is 2.22. The molecule has 0 saturated heterocycles. The van der Waals surface area contributed by atoms with Crippen LogP contribution in [0.15, 0.2) is 11.5 Å². The Morgan fingerprint density at radius 1 is 1.50 bits per heavy atom. The van der Waals surface area contributed by atoms with Crippen LogP contribution in [0.25, 0.3) is 11.2 Å². The topological polar surface area (TPSA) is 153 Å². The van der Waals surface area contributed by atoms with E-state index in [1.54, 1.807) is 0 Å². The maximum atomic E-state index is 10.9. The summed E-state index contributed by atoms with van der Waals surface area (Å²) in [5.41, 5.74) is 0.664. The van der Waals surface area contributed by atoms with Crippen molar-refractivity contribution in [3.63, 3.8) is 0 Å². The van der Waals surface area contributed by atoms with Crippen LogP contribution in [0.2, 0.25) is 0 Å². The van der Waals surface area contributed by atoms with Crippen LogP contribution in [0.4, 0.5) is 0 Å². The fraction of sp³-hybridized carbons (Fsp3) is 0.364. The van der Waals surface area contributed by atoms with Crippen LogP contribution < -0.4 is 0 Å². The Hall–Kier alpha value is -2.40. The summed E-state index contributed by atoms with van der Waals surface area (Å²) < 4.78 is 0. The predicted molar refractivity (Wildman–Crippen MR) is 74.4 cm³/mol. The quantitative estimate of drug-likeness (QED) is 0.175. The largest absolute Gasteiger partial charge is 0.492 e. The average Bonchev–Trinajstić information content (AvgIpc) is 2.90. The number of carboxylic acid groups (broad SMARTS) is 1. The van der Waals surface area contributed by atoms with Gasteiger partial charge in [-0.2, -0.15) is 4.98 Å². The maximum absolute atomic E-state index is 10.9. The zero-order valence-corrected chi connectivity index (χ0v) is 12.0. The minimum atomic E-state index is -1.27. The normalized spacial score (nSPS) is 12.2. The molecule has 2 rings (SSSR count). The average molecular weight is 327 g/mol. The van der Waals surface area contributed by atoms with Gasteiger partial charge in [0, 0.05) is 5.75 Å². The first kappa shape index (κ1) is 16.0. The number of carboxylic acids is 1. The number of thioether (sulfide) groups is 1. The van der Waals surface area contributed by atoms with Crippen LogP contribution >= 0.6 is 11.8 Å². The van der Waals surface area contributed by atoms with Gasteiger partial charge in [0.15, 0.2) is 22.4 Å². The number of hydrogen-bond acceptors (Lipinski definition) is 8. The van der Waals surface area contributed by atoms with Crippen LogP contribution in [0.5, 0.6) is 5.88 Å². The van der Waals surface area contributed by atoms with E-state index in [4.69, 9.17) is 10.3 Å². The number of imidazole rings is 1. The Morgan fingerprint density at radius 2 is 2.27 bits per heavy atom. The molecule has 0 aliphatic heterocycles. The molecule has 0 radical (unpaired) electrons. The van der Waals surface area contributed by atoms with Gasteiger partial charge in [-0.15, -0.1) is 0 Å². The molecule has 22 heavy (non-hydrogen) atoms. The molecule has 0 saturated carbocycles. The second-order valence-corrected chi connectivity index (χ2v) is 5.35. The van der Waals surface area contributed by atoms with E-state index in [0.29, 0.717) is 23.0 Å². The first-order valence-electron chi connectivity index (χ1n) is 6.20. The molecule has 4 N–H and O–H groups in total. The van der Waals surface area contributed by atoms with E-state index in [-0.39, 0.29) is 29.3 Å². The Bertz CT molecular complexity index is 678. The maximum Gasteiger partial charge on any atom is 0.329 e. The summed E-state index contributed by atoms with van der Waals surface area (Å²) in [6.07, 6.45) is 1.80. The first-order chi connectivity index (χ1) is 10.5. The summed E-state index contributed by atoms with van der Waals surface area (Å²) in [5, 5.41) is 28.2. The number of H-pyrrole nitrogens is 1. The number of rotatable bonds is 8. The molecule has 10 nitrogen and oxygen atoms in total. The zero-order valence-electron chi connectivity index (χ0n) is 11.2. The van der Waals surface area contributed by atoms with Gasteiger partial charge >= 0.3 is 5.97 Å². The summed E-state index contributed by atoms with van der Waals surface area (Å²) in [5.74, 6) is -0.991. The SMILES string of the molecule is O=CN(O)[C@@H](CCCSc1nc2c(O)ncnc2[nH]1)C(=O)O. The predicted octanol–water partition coefficient (Wildman–Crippen LogP) is 0.232. The van der Waals surface area contributed by atoms with E-state index < -0.39 is 12.0 Å². The third kappa shape index (κ3) is 3.62. The molecule has 0 spiro atoms. The number of hydrogen-bond donors (Lipinski definition) is 4. The van der Waals surface area contributed by atoms with Gasteiger partial charge in [0.05, 0.1) is 0 Å². The molecule has 1 atom stereocenters. The number of carbonyl (C=O) groups excluding carboxylic acids is 1. The summed E-state index contributed by atoms with van der Waals surface area (Å²) in [6, 6.07) is -1.27. The van der Waals surface area contributed by atoms with Crippen LogP contribution in [-0.2, 0) is 9.59 Å². The van der Waals surface area contributed by atoms with Gasteiger partial charge < -0.3 is 15.2 Å². The molecule has 0 aliphatic rings. The van der Waals surface area contributed by atoms with Crippen LogP contribution in [0.1, 0.15) is 12.8 Å². The third-order valence-electron chi connectivity index (χ3n) is 2.81. The van der Waals surface area contributed by atoms with Crippen molar-refractivity contribution in [3.8, 4) is 5.88 Å². The third-order valence-corrected chi connectivity index (χ3v) is 3.77. The van der Waals surface area contributed by atoms with E-state index in [1.807, 2.05) is 0 Å². The van der Waals surface area contributed by atoms with E-state index in [2.05, 4.69) is 19.9 Å². The van der Waals surface area contributed by atoms with Gasteiger partial charge in [0.1, 0.15) is 6.33 Å². The number of amides is 1. The van der Waals surface area contributed by atoms with Gasteiger partial charge in [0.2, 0.25) is 12.3 Å². The standard InChI is InChI=1S/C11H13N5O5S/c17-5-16(21)6(10(19)20)2-1-3-22-11-14-7-8(15-11)12-4-13-9(7)18/h4-6,21H,1-3H2,(H,19,20)(H2,12,13,14,15,18)/t6-/m0/s1. The van der Waals surface area contributed by atoms with Gasteiger partial charge in [0.25, 0.3) is 0 Å². The van der Waals surface area contributed by atoms with Crippen LogP contribution in [0.3, 0.4) is 0 Å². The van der Waals surface area contributed by atoms with Gasteiger partial charge in [-0.3, -0.25) is 10.0 Å². The number of nitrogens with zero attached hydrogens (tertiary/aromatic N) is 4. The molecule has 0 aliphatic carbocycles. The lowest BCUT2D eigenvalue weighted by molar-refractivity contribution is -0.175. The minimum Gasteiger partial charge on any atom is -0.492 e. The molecule has 2 aromatic rings. The molecular weight excluding hydrogens is 314 g/mol. The number of aromatic hydroxyl groups is 1. The number of aliphatic carboxylic acids is 1. The Balaban J connectivity index is 1.88. The molecule has 2 aromatic heterocycles. The molecule has 0 aromatic carbocycles. The van der Waals surface area contributed by atoms with E-state index in [0.717, 1.165) is 0 Å². The summed E-state index contributed by atoms with van der Waals surface area (Å²) in [6.45, 7) is 0. The highest BCUT2D eigenvalue weighted by Crippen LogP contribution is 2.23. The van der Waals surface area contributed by atoms with Gasteiger partial charge in [-0.25, -0.2) is 19.8 Å². The van der Waals surface area contributed by atoms with Crippen LogP contribution in [0, 0.1) is 0 Å². The van der Waals surface area contributed by atoms with Crippen molar-refractivity contribution in [2.24, 2.45) is 0 Å². The van der Waals surface area contributed by atoms with E-state index >= 15 is 0 Å². The van der Waals surface area contributed by atoms with Crippen molar-refractivity contribution in [1.29, 1.82) is 0 Å². The summed E-state index contributed by atoms with van der Waals surface area (Å²) in [7, 11) is 0. The van der Waals surface area contributed by atoms with Crippen molar-refractivity contribution in [2.75, 3.05) is 5.75 Å². The van der Waals surface area contributed by atoms with Crippen molar-refractivity contribution in [1.82, 2.24) is 25.0 Å². The highest BCUT2D eigenvalue weighted by atomic mass is 32.2. The minimum absolute atomic E-state index is 0.0621. The van der Waals surface area contributed by atoms with Crippen molar-refractivity contribution < 1.29 is 25.0 Å². The molecule has 11 heteroatoms. The fourth-order valence-corrected chi connectivity index (χ4v) is 2.58. The molecule has 1 amide bonds. The second-order valence-electron chi connectivity index (χ2n) is 4.27. The first-order valence-corrected chi connectivity index (χ1v) is 7.19. The Labute approximate surface area is 128 Å². The molecule has 118 valence electrons. The van der Waals surface area contributed by atoms with Crippen LogP contribution in [-0.4, -0.2) is 64.6 Å². The molecular formula is C11H13N5O5S. The molecule has 0 fully saturated rings. The number of carbonyl (C=O) groups is 2. The lowest BCUT2D eigenvalue weighted by atomic mass is 10.2. The number of hydroxylamine groups is 2. The van der Waals surface area contributed by atoms with E-state index in [9.17, 15) is 14.7 Å². The van der Waals surface area contributed by atoms with Crippen molar-refractivity contribution in [3.05, 3.63) is 6.33 Å². The molecule has 2 heterocycles. The Kier molecular flexibility index (Phi) is 5.12. The molecule has 0 unspecified atom stereocenters. The van der Waals surface area contributed by atoms with E-state index in [1.165, 1.54) is 18.1 Å². The lowest BCUT2D eigenvalue weighted by Crippen LogP contribution is -2.38. The summed E-state index contributed by atoms with van der Waals surface area (Å²) >= 11 is 1.30. The Morgan fingerprint density at radius 3 is 2.91 bits per heavy atom. The number of aromatic amines is 1. The van der Waals surface area contributed by atoms with Crippen molar-refractivity contribution in [2.45, 2.75) is 24.0 Å². The zero-order chi connectivity index (χ0) is 16.1. The van der Waals surface area contributed by atoms with Crippen molar-refractivity contribution >= 4 is 35.3 Å². The lowest BCUT2D eigenvalue weighted by Gasteiger charge is -2.17. The number of nitrogens with one attached hydrogen (secondary N) is 1. The van der Waals surface area contributed by atoms with Gasteiger partial charge in [-0.05, 0) is 12.8 Å². The summed E-state index contributed by atoms with van der Waals surface area (Å²) in [4.78, 5) is 35.8. The number of fused-ring (bicyclic) bond motifs is 1. The number of aromatic nitrogens is 4. The second kappa shape index (κ2) is 7.04. The smallest absolute Gasteiger partial charge is 0.329 e. The monoisotopic (exact) mass is 327 g/mol. The van der Waals surface area contributed by atoms with Gasteiger partial charge in [-0.1, -0.05) is 11.8 Å². The highest BCUT2D eigenvalue weighted by molar-refractivity contribution is 7.99. The fourth-order valence-electron chi connectivity index (χ4n) is 1.75.